The van der Waals surface area contributed by atoms with Gasteiger partial charge in [0.25, 0.3) is 0 Å². The normalized spacial score (nSPS) is 9.94. The molecule has 4 heteroatoms. The standard InChI is InChI=1S/C12H12F2O2/c1-3-4-5-11(15)9-6-8(13)7-10(14)12(9)16-2/h3,6-7H,1,4-5H2,2H3. The Kier molecular flexibility index (Phi) is 4.17. The molecule has 0 saturated heterocycles. The predicted molar refractivity (Wildman–Crippen MR) is 56.7 cm³/mol. The lowest BCUT2D eigenvalue weighted by atomic mass is 10.0. The van der Waals surface area contributed by atoms with Crippen molar-refractivity contribution in [2.75, 3.05) is 7.11 Å². The molecule has 0 amide bonds. The van der Waals surface area contributed by atoms with Gasteiger partial charge in [0, 0.05) is 12.5 Å². The maximum atomic E-state index is 13.3. The van der Waals surface area contributed by atoms with E-state index >= 15 is 0 Å². The number of ketones is 1. The zero-order valence-corrected chi connectivity index (χ0v) is 8.93. The number of halogens is 2. The quantitative estimate of drug-likeness (QED) is 0.569. The molecule has 0 radical (unpaired) electrons. The van der Waals surface area contributed by atoms with Gasteiger partial charge in [-0.2, -0.15) is 0 Å². The molecular weight excluding hydrogens is 214 g/mol. The Morgan fingerprint density at radius 1 is 1.50 bits per heavy atom. The SMILES string of the molecule is C=CCCC(=O)c1cc(F)cc(F)c1OC. The molecule has 0 heterocycles. The Hall–Kier alpha value is -1.71. The van der Waals surface area contributed by atoms with E-state index in [0.29, 0.717) is 12.5 Å². The van der Waals surface area contributed by atoms with Crippen LogP contribution >= 0.6 is 0 Å². The number of carbonyl (C=O) groups excluding carboxylic acids is 1. The molecule has 0 aliphatic carbocycles. The van der Waals surface area contributed by atoms with E-state index in [1.807, 2.05) is 0 Å². The number of hydrogen-bond acceptors (Lipinski definition) is 2. The first-order valence-electron chi connectivity index (χ1n) is 4.77. The van der Waals surface area contributed by atoms with E-state index in [-0.39, 0.29) is 23.5 Å². The van der Waals surface area contributed by atoms with Gasteiger partial charge in [0.05, 0.1) is 12.7 Å². The second-order valence-electron chi connectivity index (χ2n) is 3.22. The molecule has 0 aromatic heterocycles. The summed E-state index contributed by atoms with van der Waals surface area (Å²) < 4.78 is 31.0. The number of carbonyl (C=O) groups is 1. The van der Waals surface area contributed by atoms with Crippen LogP contribution in [0.2, 0.25) is 0 Å². The summed E-state index contributed by atoms with van der Waals surface area (Å²) in [5, 5.41) is 0. The van der Waals surface area contributed by atoms with Crippen molar-refractivity contribution in [2.24, 2.45) is 0 Å². The molecule has 0 saturated carbocycles. The third-order valence-electron chi connectivity index (χ3n) is 2.09. The molecule has 0 aliphatic heterocycles. The second-order valence-corrected chi connectivity index (χ2v) is 3.22. The van der Waals surface area contributed by atoms with Crippen LogP contribution in [0.15, 0.2) is 24.8 Å². The van der Waals surface area contributed by atoms with Gasteiger partial charge in [-0.15, -0.1) is 6.58 Å². The molecule has 16 heavy (non-hydrogen) atoms. The highest BCUT2D eigenvalue weighted by atomic mass is 19.1. The summed E-state index contributed by atoms with van der Waals surface area (Å²) in [5.74, 6) is -2.24. The summed E-state index contributed by atoms with van der Waals surface area (Å²) in [5.41, 5.74) is -0.0677. The van der Waals surface area contributed by atoms with Crippen molar-refractivity contribution in [1.29, 1.82) is 0 Å². The molecular formula is C12H12F2O2. The van der Waals surface area contributed by atoms with Crippen LogP contribution in [0.4, 0.5) is 8.78 Å². The van der Waals surface area contributed by atoms with Crippen molar-refractivity contribution < 1.29 is 18.3 Å². The minimum atomic E-state index is -0.871. The minimum Gasteiger partial charge on any atom is -0.493 e. The maximum Gasteiger partial charge on any atom is 0.168 e. The molecule has 1 rings (SSSR count). The summed E-state index contributed by atoms with van der Waals surface area (Å²) >= 11 is 0. The van der Waals surface area contributed by atoms with E-state index in [2.05, 4.69) is 6.58 Å². The van der Waals surface area contributed by atoms with Crippen LogP contribution in [0.25, 0.3) is 0 Å². The summed E-state index contributed by atoms with van der Waals surface area (Å²) in [7, 11) is 1.24. The van der Waals surface area contributed by atoms with Crippen molar-refractivity contribution >= 4 is 5.78 Å². The number of Topliss-reactive ketones (excluding diaryl/α,β-unsaturated/α-hetero) is 1. The van der Waals surface area contributed by atoms with Gasteiger partial charge in [-0.05, 0) is 12.5 Å². The number of hydrogen-bond donors (Lipinski definition) is 0. The first-order valence-corrected chi connectivity index (χ1v) is 4.77. The fourth-order valence-corrected chi connectivity index (χ4v) is 1.34. The van der Waals surface area contributed by atoms with Gasteiger partial charge in [-0.1, -0.05) is 6.08 Å². The van der Waals surface area contributed by atoms with Crippen LogP contribution in [0.5, 0.6) is 5.75 Å². The first kappa shape index (κ1) is 12.4. The largest absolute Gasteiger partial charge is 0.493 e. The zero-order chi connectivity index (χ0) is 12.1. The fraction of sp³-hybridized carbons (Fsp3) is 0.250. The predicted octanol–water partition coefficient (Wildman–Crippen LogP) is 3.12. The van der Waals surface area contributed by atoms with Gasteiger partial charge in [-0.3, -0.25) is 4.79 Å². The highest BCUT2D eigenvalue weighted by Crippen LogP contribution is 2.25. The third kappa shape index (κ3) is 2.66. The Balaban J connectivity index is 3.10. The highest BCUT2D eigenvalue weighted by Gasteiger charge is 2.17. The second kappa shape index (κ2) is 5.39. The van der Waals surface area contributed by atoms with E-state index in [4.69, 9.17) is 4.74 Å². The van der Waals surface area contributed by atoms with Crippen LogP contribution in [-0.4, -0.2) is 12.9 Å². The van der Waals surface area contributed by atoms with Gasteiger partial charge in [0.2, 0.25) is 0 Å². The van der Waals surface area contributed by atoms with Gasteiger partial charge < -0.3 is 4.74 Å². The molecule has 0 aliphatic rings. The lowest BCUT2D eigenvalue weighted by molar-refractivity contribution is 0.0979. The van der Waals surface area contributed by atoms with Crippen molar-refractivity contribution in [2.45, 2.75) is 12.8 Å². The fourth-order valence-electron chi connectivity index (χ4n) is 1.34. The van der Waals surface area contributed by atoms with Crippen LogP contribution in [-0.2, 0) is 0 Å². The highest BCUT2D eigenvalue weighted by molar-refractivity contribution is 5.98. The van der Waals surface area contributed by atoms with Crippen LogP contribution in [0, 0.1) is 11.6 Å². The van der Waals surface area contributed by atoms with E-state index < -0.39 is 11.6 Å². The van der Waals surface area contributed by atoms with Crippen molar-refractivity contribution in [3.05, 3.63) is 42.0 Å². The number of rotatable bonds is 5. The molecule has 0 atom stereocenters. The Morgan fingerprint density at radius 2 is 2.19 bits per heavy atom. The van der Waals surface area contributed by atoms with Crippen LogP contribution in [0.3, 0.4) is 0 Å². The van der Waals surface area contributed by atoms with Crippen molar-refractivity contribution in [3.63, 3.8) is 0 Å². The summed E-state index contributed by atoms with van der Waals surface area (Å²) in [4.78, 5) is 11.6. The Morgan fingerprint density at radius 3 is 2.75 bits per heavy atom. The van der Waals surface area contributed by atoms with E-state index in [1.165, 1.54) is 7.11 Å². The molecule has 0 N–H and O–H groups in total. The molecule has 0 spiro atoms. The number of ether oxygens (including phenoxy) is 1. The van der Waals surface area contributed by atoms with Gasteiger partial charge in [0.15, 0.2) is 17.3 Å². The Labute approximate surface area is 92.5 Å². The average molecular weight is 226 g/mol. The molecule has 0 fully saturated rings. The molecule has 86 valence electrons. The lowest BCUT2D eigenvalue weighted by Gasteiger charge is -2.08. The summed E-state index contributed by atoms with van der Waals surface area (Å²) in [6.07, 6.45) is 2.18. The number of methoxy groups -OCH3 is 1. The summed E-state index contributed by atoms with van der Waals surface area (Å²) in [6, 6.07) is 1.66. The molecule has 1 aromatic rings. The smallest absolute Gasteiger partial charge is 0.168 e. The van der Waals surface area contributed by atoms with Crippen molar-refractivity contribution in [3.8, 4) is 5.75 Å². The van der Waals surface area contributed by atoms with Gasteiger partial charge in [-0.25, -0.2) is 8.78 Å². The van der Waals surface area contributed by atoms with Crippen LogP contribution in [0.1, 0.15) is 23.2 Å². The lowest BCUT2D eigenvalue weighted by Crippen LogP contribution is -2.04. The van der Waals surface area contributed by atoms with E-state index in [9.17, 15) is 13.6 Å². The third-order valence-corrected chi connectivity index (χ3v) is 2.09. The molecule has 0 unspecified atom stereocenters. The van der Waals surface area contributed by atoms with Gasteiger partial charge >= 0.3 is 0 Å². The topological polar surface area (TPSA) is 26.3 Å². The molecule has 2 nitrogen and oxygen atoms in total. The van der Waals surface area contributed by atoms with Crippen molar-refractivity contribution in [1.82, 2.24) is 0 Å². The summed E-state index contributed by atoms with van der Waals surface area (Å²) in [6.45, 7) is 3.47. The minimum absolute atomic E-state index is 0.0677. The van der Waals surface area contributed by atoms with E-state index in [1.54, 1.807) is 6.08 Å². The molecule has 1 aromatic carbocycles. The van der Waals surface area contributed by atoms with E-state index in [0.717, 1.165) is 6.07 Å². The van der Waals surface area contributed by atoms with Gasteiger partial charge in [0.1, 0.15) is 5.82 Å². The monoisotopic (exact) mass is 226 g/mol. The number of benzene rings is 1. The van der Waals surface area contributed by atoms with Crippen LogP contribution < -0.4 is 4.74 Å². The number of allylic oxidation sites excluding steroid dienone is 1. The maximum absolute atomic E-state index is 13.3. The Bertz CT molecular complexity index is 414. The first-order chi connectivity index (χ1) is 7.60. The average Bonchev–Trinajstić information content (AvgIpc) is 2.24. The molecule has 0 bridgehead atoms. The zero-order valence-electron chi connectivity index (χ0n) is 8.93.